The molecule has 4 nitrogen and oxygen atoms in total. The van der Waals surface area contributed by atoms with Crippen molar-refractivity contribution in [2.45, 2.75) is 39.2 Å². The van der Waals surface area contributed by atoms with E-state index in [9.17, 15) is 4.79 Å². The number of anilines is 1. The monoisotopic (exact) mass is 331 g/mol. The van der Waals surface area contributed by atoms with Gasteiger partial charge in [-0.05, 0) is 44.4 Å². The van der Waals surface area contributed by atoms with E-state index in [1.807, 2.05) is 33.3 Å². The number of amides is 1. The minimum atomic E-state index is 0.0908. The third kappa shape index (κ3) is 5.67. The van der Waals surface area contributed by atoms with Crippen molar-refractivity contribution >= 4 is 22.9 Å². The summed E-state index contributed by atoms with van der Waals surface area (Å²) in [6, 6.07) is 8.58. The molecule has 0 radical (unpaired) electrons. The lowest BCUT2D eigenvalue weighted by atomic mass is 10.1. The third-order valence-corrected chi connectivity index (χ3v) is 4.50. The van der Waals surface area contributed by atoms with E-state index >= 15 is 0 Å². The van der Waals surface area contributed by atoms with Crippen LogP contribution in [0.3, 0.4) is 0 Å². The van der Waals surface area contributed by atoms with E-state index in [2.05, 4.69) is 39.5 Å². The van der Waals surface area contributed by atoms with Gasteiger partial charge >= 0.3 is 0 Å². The number of carbonyl (C=O) groups excluding carboxylic acids is 1. The first-order valence-electron chi connectivity index (χ1n) is 7.90. The predicted molar refractivity (Wildman–Crippen MR) is 97.2 cm³/mol. The van der Waals surface area contributed by atoms with E-state index in [1.54, 1.807) is 11.3 Å². The highest BCUT2D eigenvalue weighted by molar-refractivity contribution is 7.09. The van der Waals surface area contributed by atoms with Crippen LogP contribution in [0.4, 0.5) is 5.69 Å². The molecule has 23 heavy (non-hydrogen) atoms. The number of thiazole rings is 1. The van der Waals surface area contributed by atoms with Crippen molar-refractivity contribution in [1.29, 1.82) is 0 Å². The fourth-order valence-electron chi connectivity index (χ4n) is 2.45. The standard InChI is InChI=1S/C18H25N3OS/c1-13(11-15-5-8-17(9-6-15)21(3)4)19-18(22)10-7-16-12-23-14(2)20-16/h5-6,8-9,12-13H,7,10-11H2,1-4H3,(H,19,22)/t13-/m0/s1. The molecule has 0 saturated carbocycles. The lowest BCUT2D eigenvalue weighted by Crippen LogP contribution is -2.34. The van der Waals surface area contributed by atoms with Crippen LogP contribution >= 0.6 is 11.3 Å². The molecule has 2 rings (SSSR count). The van der Waals surface area contributed by atoms with Gasteiger partial charge in [-0.3, -0.25) is 4.79 Å². The van der Waals surface area contributed by atoms with Gasteiger partial charge in [-0.2, -0.15) is 0 Å². The molecule has 1 atom stereocenters. The molecule has 1 heterocycles. The molecule has 124 valence electrons. The van der Waals surface area contributed by atoms with Crippen LogP contribution in [-0.2, 0) is 17.6 Å². The second-order valence-electron chi connectivity index (χ2n) is 6.09. The third-order valence-electron chi connectivity index (χ3n) is 3.68. The van der Waals surface area contributed by atoms with Crippen LogP contribution in [0, 0.1) is 6.92 Å². The molecule has 1 aromatic heterocycles. The Hall–Kier alpha value is -1.88. The number of nitrogens with zero attached hydrogens (tertiary/aromatic N) is 2. The van der Waals surface area contributed by atoms with Crippen LogP contribution in [0.5, 0.6) is 0 Å². The fourth-order valence-corrected chi connectivity index (χ4v) is 3.09. The highest BCUT2D eigenvalue weighted by atomic mass is 32.1. The molecule has 5 heteroatoms. The van der Waals surface area contributed by atoms with Gasteiger partial charge < -0.3 is 10.2 Å². The minimum absolute atomic E-state index is 0.0908. The second-order valence-corrected chi connectivity index (χ2v) is 7.15. The summed E-state index contributed by atoms with van der Waals surface area (Å²) in [5, 5.41) is 6.15. The maximum absolute atomic E-state index is 12.0. The number of hydrogen-bond donors (Lipinski definition) is 1. The molecule has 0 aliphatic heterocycles. The lowest BCUT2D eigenvalue weighted by Gasteiger charge is -2.16. The van der Waals surface area contributed by atoms with Gasteiger partial charge in [-0.1, -0.05) is 12.1 Å². The Morgan fingerprint density at radius 3 is 2.57 bits per heavy atom. The van der Waals surface area contributed by atoms with Gasteiger partial charge in [0.1, 0.15) is 0 Å². The van der Waals surface area contributed by atoms with Crippen LogP contribution < -0.4 is 10.2 Å². The quantitative estimate of drug-likeness (QED) is 0.847. The number of nitrogens with one attached hydrogen (secondary N) is 1. The summed E-state index contributed by atoms with van der Waals surface area (Å²) in [6.45, 7) is 4.03. The topological polar surface area (TPSA) is 45.2 Å². The van der Waals surface area contributed by atoms with E-state index in [-0.39, 0.29) is 11.9 Å². The van der Waals surface area contributed by atoms with Crippen molar-refractivity contribution in [3.05, 3.63) is 45.9 Å². The molecule has 0 aliphatic rings. The van der Waals surface area contributed by atoms with Crippen LogP contribution in [0.15, 0.2) is 29.6 Å². The van der Waals surface area contributed by atoms with Gasteiger partial charge in [0.15, 0.2) is 0 Å². The van der Waals surface area contributed by atoms with Crippen molar-refractivity contribution in [2.75, 3.05) is 19.0 Å². The van der Waals surface area contributed by atoms with Gasteiger partial charge in [0.25, 0.3) is 0 Å². The maximum Gasteiger partial charge on any atom is 0.220 e. The Balaban J connectivity index is 1.77. The second kappa shape index (κ2) is 8.11. The molecule has 1 aromatic carbocycles. The lowest BCUT2D eigenvalue weighted by molar-refractivity contribution is -0.121. The van der Waals surface area contributed by atoms with Gasteiger partial charge in [-0.15, -0.1) is 11.3 Å². The molecule has 0 fully saturated rings. The summed E-state index contributed by atoms with van der Waals surface area (Å²) in [5.41, 5.74) is 3.43. The average molecular weight is 331 g/mol. The zero-order chi connectivity index (χ0) is 16.8. The SMILES string of the molecule is Cc1nc(CCC(=O)N[C@@H](C)Cc2ccc(N(C)C)cc2)cs1. The number of carbonyl (C=O) groups is 1. The Labute approximate surface area is 142 Å². The first-order chi connectivity index (χ1) is 10.9. The van der Waals surface area contributed by atoms with E-state index < -0.39 is 0 Å². The highest BCUT2D eigenvalue weighted by Crippen LogP contribution is 2.14. The Morgan fingerprint density at radius 2 is 2.00 bits per heavy atom. The van der Waals surface area contributed by atoms with Gasteiger partial charge in [0.05, 0.1) is 10.7 Å². The van der Waals surface area contributed by atoms with Gasteiger partial charge in [-0.25, -0.2) is 4.98 Å². The van der Waals surface area contributed by atoms with E-state index in [0.717, 1.165) is 17.1 Å². The number of hydrogen-bond acceptors (Lipinski definition) is 4. The highest BCUT2D eigenvalue weighted by Gasteiger charge is 2.09. The first kappa shape index (κ1) is 17.5. The summed E-state index contributed by atoms with van der Waals surface area (Å²) < 4.78 is 0. The number of benzene rings is 1. The minimum Gasteiger partial charge on any atom is -0.378 e. The summed E-state index contributed by atoms with van der Waals surface area (Å²) in [5.74, 6) is 0.0908. The van der Waals surface area contributed by atoms with E-state index in [0.29, 0.717) is 12.8 Å². The van der Waals surface area contributed by atoms with Crippen molar-refractivity contribution in [3.63, 3.8) is 0 Å². The summed E-state index contributed by atoms with van der Waals surface area (Å²) in [6.07, 6.45) is 2.04. The van der Waals surface area contributed by atoms with Gasteiger partial charge in [0.2, 0.25) is 5.91 Å². The van der Waals surface area contributed by atoms with E-state index in [1.165, 1.54) is 11.3 Å². The molecule has 0 bridgehead atoms. The number of aromatic nitrogens is 1. The molecule has 0 aliphatic carbocycles. The number of aryl methyl sites for hydroxylation is 2. The smallest absolute Gasteiger partial charge is 0.220 e. The zero-order valence-electron chi connectivity index (χ0n) is 14.3. The normalized spacial score (nSPS) is 12.0. The van der Waals surface area contributed by atoms with Crippen molar-refractivity contribution in [3.8, 4) is 0 Å². The Kier molecular flexibility index (Phi) is 6.16. The zero-order valence-corrected chi connectivity index (χ0v) is 15.1. The maximum atomic E-state index is 12.0. The van der Waals surface area contributed by atoms with Crippen molar-refractivity contribution < 1.29 is 4.79 Å². The molecule has 0 saturated heterocycles. The summed E-state index contributed by atoms with van der Waals surface area (Å²) in [4.78, 5) is 18.5. The number of rotatable bonds is 7. The molecule has 1 N–H and O–H groups in total. The molecule has 0 unspecified atom stereocenters. The van der Waals surface area contributed by atoms with Gasteiger partial charge in [0, 0.05) is 37.6 Å². The largest absolute Gasteiger partial charge is 0.378 e. The average Bonchev–Trinajstić information content (AvgIpc) is 2.91. The van der Waals surface area contributed by atoms with Crippen LogP contribution in [-0.4, -0.2) is 31.0 Å². The fraction of sp³-hybridized carbons (Fsp3) is 0.444. The predicted octanol–water partition coefficient (Wildman–Crippen LogP) is 3.20. The van der Waals surface area contributed by atoms with Crippen molar-refractivity contribution in [2.24, 2.45) is 0 Å². The molecule has 0 spiro atoms. The van der Waals surface area contributed by atoms with Crippen molar-refractivity contribution in [1.82, 2.24) is 10.3 Å². The molecule has 1 amide bonds. The summed E-state index contributed by atoms with van der Waals surface area (Å²) in [7, 11) is 4.06. The Morgan fingerprint density at radius 1 is 1.30 bits per heavy atom. The first-order valence-corrected chi connectivity index (χ1v) is 8.78. The van der Waals surface area contributed by atoms with E-state index in [4.69, 9.17) is 0 Å². The summed E-state index contributed by atoms with van der Waals surface area (Å²) >= 11 is 1.63. The van der Waals surface area contributed by atoms with Crippen LogP contribution in [0.25, 0.3) is 0 Å². The molecule has 2 aromatic rings. The van der Waals surface area contributed by atoms with Crippen LogP contribution in [0.1, 0.15) is 29.6 Å². The molecular weight excluding hydrogens is 306 g/mol. The molecular formula is C18H25N3OS. The Bertz CT molecular complexity index is 634. The van der Waals surface area contributed by atoms with Crippen LogP contribution in [0.2, 0.25) is 0 Å².